The summed E-state index contributed by atoms with van der Waals surface area (Å²) >= 11 is 0. The second kappa shape index (κ2) is 5.78. The van der Waals surface area contributed by atoms with Crippen LogP contribution in [0.3, 0.4) is 0 Å². The molecule has 3 aromatic rings. The largest absolute Gasteiger partial charge is 0.416 e. The zero-order valence-corrected chi connectivity index (χ0v) is 11.9. The molecule has 0 amide bonds. The van der Waals surface area contributed by atoms with Crippen LogP contribution in [0.5, 0.6) is 0 Å². The number of aryl methyl sites for hydroxylation is 1. The predicted octanol–water partition coefficient (Wildman–Crippen LogP) is 2.35. The zero-order valence-electron chi connectivity index (χ0n) is 11.9. The summed E-state index contributed by atoms with van der Waals surface area (Å²) in [6.07, 6.45) is -3.80. The first-order valence-corrected chi connectivity index (χ1v) is 6.72. The van der Waals surface area contributed by atoms with E-state index in [1.165, 1.54) is 16.9 Å². The lowest BCUT2D eigenvalue weighted by Gasteiger charge is -2.06. The Morgan fingerprint density at radius 2 is 2.09 bits per heavy atom. The summed E-state index contributed by atoms with van der Waals surface area (Å²) in [5, 5.41) is 15.3. The molecule has 10 heteroatoms. The normalized spacial score (nSPS) is 11.8. The second-order valence-electron chi connectivity index (χ2n) is 4.68. The van der Waals surface area contributed by atoms with Gasteiger partial charge in [0.2, 0.25) is 11.7 Å². The highest BCUT2D eigenvalue weighted by Gasteiger charge is 2.30. The van der Waals surface area contributed by atoms with E-state index in [-0.39, 0.29) is 17.9 Å². The molecule has 2 aromatic heterocycles. The molecule has 0 radical (unpaired) electrons. The van der Waals surface area contributed by atoms with Gasteiger partial charge in [-0.15, -0.1) is 10.2 Å². The summed E-state index contributed by atoms with van der Waals surface area (Å²) in [4.78, 5) is 5.28. The fraction of sp³-hybridized carbons (Fsp3) is 0.308. The van der Waals surface area contributed by atoms with Gasteiger partial charge in [-0.25, -0.2) is 0 Å². The van der Waals surface area contributed by atoms with Crippen LogP contribution in [-0.2, 0) is 19.1 Å². The molecule has 7 nitrogen and oxygen atoms in total. The van der Waals surface area contributed by atoms with Gasteiger partial charge in [0, 0.05) is 12.0 Å². The summed E-state index contributed by atoms with van der Waals surface area (Å²) < 4.78 is 43.2. The molecular formula is C13H11F3N6O. The average molecular weight is 324 g/mol. The Kier molecular flexibility index (Phi) is 3.80. The van der Waals surface area contributed by atoms with Crippen molar-refractivity contribution in [2.45, 2.75) is 26.1 Å². The minimum Gasteiger partial charge on any atom is -0.337 e. The summed E-state index contributed by atoms with van der Waals surface area (Å²) in [5.74, 6) is 0.944. The lowest BCUT2D eigenvalue weighted by atomic mass is 10.1. The maximum Gasteiger partial charge on any atom is 0.416 e. The molecule has 0 bridgehead atoms. The van der Waals surface area contributed by atoms with Crippen molar-refractivity contribution in [3.63, 3.8) is 0 Å². The van der Waals surface area contributed by atoms with Crippen LogP contribution < -0.4 is 0 Å². The number of alkyl halides is 3. The van der Waals surface area contributed by atoms with Crippen molar-refractivity contribution >= 4 is 0 Å². The van der Waals surface area contributed by atoms with E-state index in [4.69, 9.17) is 4.52 Å². The Bertz CT molecular complexity index is 810. The van der Waals surface area contributed by atoms with E-state index in [1.807, 2.05) is 6.92 Å². The van der Waals surface area contributed by atoms with Crippen LogP contribution in [-0.4, -0.2) is 30.3 Å². The SMILES string of the molecule is CCc1noc(Cn2nnc(-c3cccc(C(F)(F)F)c3)n2)n1. The lowest BCUT2D eigenvalue weighted by molar-refractivity contribution is -0.137. The van der Waals surface area contributed by atoms with Crippen molar-refractivity contribution in [2.75, 3.05) is 0 Å². The number of hydrogen-bond acceptors (Lipinski definition) is 6. The third kappa shape index (κ3) is 3.35. The third-order valence-electron chi connectivity index (χ3n) is 3.00. The molecule has 2 heterocycles. The van der Waals surface area contributed by atoms with Gasteiger partial charge in [0.1, 0.15) is 6.54 Å². The summed E-state index contributed by atoms with van der Waals surface area (Å²) in [6.45, 7) is 1.98. The molecule has 0 N–H and O–H groups in total. The molecule has 0 saturated carbocycles. The molecule has 0 unspecified atom stereocenters. The van der Waals surface area contributed by atoms with Crippen LogP contribution in [0.4, 0.5) is 13.2 Å². The number of tetrazole rings is 1. The molecule has 0 aliphatic rings. The molecule has 0 spiro atoms. The van der Waals surface area contributed by atoms with E-state index >= 15 is 0 Å². The molecule has 0 fully saturated rings. The molecule has 0 atom stereocenters. The first-order valence-electron chi connectivity index (χ1n) is 6.72. The highest BCUT2D eigenvalue weighted by molar-refractivity contribution is 5.55. The number of benzene rings is 1. The Balaban J connectivity index is 1.81. The van der Waals surface area contributed by atoms with E-state index in [1.54, 1.807) is 0 Å². The van der Waals surface area contributed by atoms with Crippen molar-refractivity contribution in [3.05, 3.63) is 41.5 Å². The molecule has 120 valence electrons. The topological polar surface area (TPSA) is 82.5 Å². The number of rotatable bonds is 4. The lowest BCUT2D eigenvalue weighted by Crippen LogP contribution is -2.05. The van der Waals surface area contributed by atoms with Crippen molar-refractivity contribution < 1.29 is 17.7 Å². The van der Waals surface area contributed by atoms with E-state index in [9.17, 15) is 13.2 Å². The van der Waals surface area contributed by atoms with Gasteiger partial charge >= 0.3 is 6.18 Å². The Labute approximate surface area is 128 Å². The van der Waals surface area contributed by atoms with Gasteiger partial charge in [-0.3, -0.25) is 0 Å². The van der Waals surface area contributed by atoms with Crippen LogP contribution in [0.15, 0.2) is 28.8 Å². The quantitative estimate of drug-likeness (QED) is 0.732. The molecule has 3 rings (SSSR count). The molecule has 23 heavy (non-hydrogen) atoms. The first kappa shape index (κ1) is 15.1. The van der Waals surface area contributed by atoms with Gasteiger partial charge in [0.15, 0.2) is 5.82 Å². The van der Waals surface area contributed by atoms with Crippen molar-refractivity contribution in [1.82, 2.24) is 30.3 Å². The van der Waals surface area contributed by atoms with Crippen LogP contribution in [0, 0.1) is 0 Å². The second-order valence-corrected chi connectivity index (χ2v) is 4.68. The third-order valence-corrected chi connectivity index (χ3v) is 3.00. The zero-order chi connectivity index (χ0) is 16.4. The minimum absolute atomic E-state index is 0.0892. The Morgan fingerprint density at radius 3 is 2.78 bits per heavy atom. The molecule has 1 aromatic carbocycles. The maximum atomic E-state index is 12.7. The fourth-order valence-corrected chi connectivity index (χ4v) is 1.88. The van der Waals surface area contributed by atoms with Crippen LogP contribution >= 0.6 is 0 Å². The fourth-order valence-electron chi connectivity index (χ4n) is 1.88. The van der Waals surface area contributed by atoms with Crippen molar-refractivity contribution in [1.29, 1.82) is 0 Å². The van der Waals surface area contributed by atoms with Gasteiger partial charge in [-0.2, -0.15) is 23.0 Å². The molecule has 0 aliphatic carbocycles. The standard InChI is InChI=1S/C13H11F3N6O/c1-2-10-17-11(23-20-10)7-22-19-12(18-21-22)8-4-3-5-9(6-8)13(14,15)16/h3-6H,2,7H2,1H3. The van der Waals surface area contributed by atoms with Crippen LogP contribution in [0.1, 0.15) is 24.2 Å². The maximum absolute atomic E-state index is 12.7. The minimum atomic E-state index is -4.42. The van der Waals surface area contributed by atoms with E-state index in [2.05, 4.69) is 25.6 Å². The Morgan fingerprint density at radius 1 is 1.26 bits per heavy atom. The smallest absolute Gasteiger partial charge is 0.337 e. The van der Waals surface area contributed by atoms with E-state index in [0.717, 1.165) is 12.1 Å². The first-order chi connectivity index (χ1) is 11.0. The van der Waals surface area contributed by atoms with E-state index in [0.29, 0.717) is 18.1 Å². The average Bonchev–Trinajstić information content (AvgIpc) is 3.16. The highest BCUT2D eigenvalue weighted by Crippen LogP contribution is 2.31. The van der Waals surface area contributed by atoms with Gasteiger partial charge in [-0.05, 0) is 17.3 Å². The van der Waals surface area contributed by atoms with Gasteiger partial charge in [-0.1, -0.05) is 24.2 Å². The number of nitrogens with zero attached hydrogens (tertiary/aromatic N) is 6. The highest BCUT2D eigenvalue weighted by atomic mass is 19.4. The predicted molar refractivity (Wildman–Crippen MR) is 71.0 cm³/mol. The monoisotopic (exact) mass is 324 g/mol. The van der Waals surface area contributed by atoms with Gasteiger partial charge in [0.25, 0.3) is 0 Å². The van der Waals surface area contributed by atoms with Crippen LogP contribution in [0.2, 0.25) is 0 Å². The molecular weight excluding hydrogens is 313 g/mol. The molecule has 0 saturated heterocycles. The molecule has 0 aliphatic heterocycles. The summed E-state index contributed by atoms with van der Waals surface area (Å²) in [7, 11) is 0. The Hall–Kier alpha value is -2.78. The van der Waals surface area contributed by atoms with Gasteiger partial charge in [0.05, 0.1) is 5.56 Å². The number of aromatic nitrogens is 6. The summed E-state index contributed by atoms with van der Waals surface area (Å²) in [5.41, 5.74) is -0.540. The van der Waals surface area contributed by atoms with E-state index < -0.39 is 11.7 Å². The van der Waals surface area contributed by atoms with Crippen molar-refractivity contribution in [3.8, 4) is 11.4 Å². The summed E-state index contributed by atoms with van der Waals surface area (Å²) in [6, 6.07) is 4.74. The van der Waals surface area contributed by atoms with Crippen molar-refractivity contribution in [2.24, 2.45) is 0 Å². The number of halogens is 3. The van der Waals surface area contributed by atoms with Gasteiger partial charge < -0.3 is 4.52 Å². The number of hydrogen-bond donors (Lipinski definition) is 0. The van der Waals surface area contributed by atoms with Crippen LogP contribution in [0.25, 0.3) is 11.4 Å².